The van der Waals surface area contributed by atoms with Crippen LogP contribution in [0.15, 0.2) is 103 Å². The van der Waals surface area contributed by atoms with Crippen LogP contribution in [0.2, 0.25) is 4.34 Å². The van der Waals surface area contributed by atoms with Crippen LogP contribution in [0.25, 0.3) is 5.57 Å². The first-order valence-electron chi connectivity index (χ1n) is 11.2. The van der Waals surface area contributed by atoms with Crippen molar-refractivity contribution in [1.82, 2.24) is 4.90 Å². The molecule has 0 saturated heterocycles. The summed E-state index contributed by atoms with van der Waals surface area (Å²) < 4.78 is 0.935. The van der Waals surface area contributed by atoms with E-state index in [1.165, 1.54) is 22.5 Å². The standard InChI is InChI=1S/C17H18N2.C8H10ClNS.C4H6/c1-14(18)17(16-10-6-3-7-11-16)13-19-12-15-8-4-2-5-9-15;1-10-3-2-6-4-8(9)11-7(6)5-10;1-3-4-2/h2-11,13H,12,18H2,1H3;4H,2-3,5H2,1H3;3-4H,1-2H2/b17-14+,19-13?;;. The summed E-state index contributed by atoms with van der Waals surface area (Å²) in [6.07, 6.45) is 6.30. The zero-order valence-corrected chi connectivity index (χ0v) is 21.7. The van der Waals surface area contributed by atoms with Crippen LogP contribution < -0.4 is 5.73 Å². The van der Waals surface area contributed by atoms with Crippen LogP contribution in [-0.4, -0.2) is 24.7 Å². The summed E-state index contributed by atoms with van der Waals surface area (Å²) in [6, 6.07) is 22.4. The summed E-state index contributed by atoms with van der Waals surface area (Å²) in [5.74, 6) is 0. The topological polar surface area (TPSA) is 41.6 Å². The summed E-state index contributed by atoms with van der Waals surface area (Å²) >= 11 is 7.62. The molecule has 0 unspecified atom stereocenters. The van der Waals surface area contributed by atoms with Gasteiger partial charge in [0.05, 0.1) is 10.9 Å². The van der Waals surface area contributed by atoms with E-state index in [2.05, 4.69) is 48.3 Å². The van der Waals surface area contributed by atoms with Crippen molar-refractivity contribution in [2.24, 2.45) is 10.7 Å². The van der Waals surface area contributed by atoms with Crippen molar-refractivity contribution in [3.63, 3.8) is 0 Å². The van der Waals surface area contributed by atoms with Gasteiger partial charge < -0.3 is 10.6 Å². The van der Waals surface area contributed by atoms with Crippen LogP contribution in [0.1, 0.15) is 28.5 Å². The van der Waals surface area contributed by atoms with Gasteiger partial charge in [0, 0.05) is 35.5 Å². The number of fused-ring (bicyclic) bond motifs is 1. The molecule has 5 heteroatoms. The van der Waals surface area contributed by atoms with Crippen LogP contribution in [0, 0.1) is 0 Å². The number of hydrogen-bond acceptors (Lipinski definition) is 4. The van der Waals surface area contributed by atoms with Gasteiger partial charge in [0.2, 0.25) is 0 Å². The summed E-state index contributed by atoms with van der Waals surface area (Å²) in [6.45, 7) is 11.5. The molecule has 3 aromatic rings. The van der Waals surface area contributed by atoms with Gasteiger partial charge >= 0.3 is 0 Å². The van der Waals surface area contributed by atoms with Crippen LogP contribution >= 0.6 is 22.9 Å². The number of likely N-dealkylation sites (N-methyl/N-ethyl adjacent to an activating group) is 1. The highest BCUT2D eigenvalue weighted by Gasteiger charge is 2.15. The molecule has 0 bridgehead atoms. The number of rotatable bonds is 5. The van der Waals surface area contributed by atoms with E-state index in [9.17, 15) is 0 Å². The third kappa shape index (κ3) is 9.52. The minimum Gasteiger partial charge on any atom is -0.402 e. The van der Waals surface area contributed by atoms with E-state index in [-0.39, 0.29) is 0 Å². The quantitative estimate of drug-likeness (QED) is 0.298. The summed E-state index contributed by atoms with van der Waals surface area (Å²) in [5, 5.41) is 0. The Morgan fingerprint density at radius 2 is 1.71 bits per heavy atom. The normalized spacial score (nSPS) is 13.5. The van der Waals surface area contributed by atoms with Gasteiger partial charge in [-0.15, -0.1) is 11.3 Å². The summed E-state index contributed by atoms with van der Waals surface area (Å²) in [5.41, 5.74) is 11.4. The van der Waals surface area contributed by atoms with Gasteiger partial charge in [-0.2, -0.15) is 0 Å². The van der Waals surface area contributed by atoms with E-state index >= 15 is 0 Å². The molecular formula is C29H34ClN3S. The molecule has 1 aromatic heterocycles. The van der Waals surface area contributed by atoms with Gasteiger partial charge in [0.25, 0.3) is 0 Å². The zero-order chi connectivity index (χ0) is 24.8. The largest absolute Gasteiger partial charge is 0.402 e. The predicted octanol–water partition coefficient (Wildman–Crippen LogP) is 7.40. The first-order chi connectivity index (χ1) is 16.4. The highest BCUT2D eigenvalue weighted by atomic mass is 35.5. The highest BCUT2D eigenvalue weighted by molar-refractivity contribution is 7.16. The molecule has 4 rings (SSSR count). The van der Waals surface area contributed by atoms with Crippen molar-refractivity contribution >= 4 is 34.7 Å². The second-order valence-electron chi connectivity index (χ2n) is 7.88. The Morgan fingerprint density at radius 1 is 1.09 bits per heavy atom. The van der Waals surface area contributed by atoms with Crippen molar-refractivity contribution in [2.45, 2.75) is 26.4 Å². The number of nitrogens with zero attached hydrogens (tertiary/aromatic N) is 2. The SMILES string of the molecule is C/C(N)=C(/C=NCc1ccccc1)c1ccccc1.C=CC=C.CN1CCc2cc(Cl)sc2C1. The third-order valence-corrected chi connectivity index (χ3v) is 6.35. The van der Waals surface area contributed by atoms with Crippen LogP contribution in [0.3, 0.4) is 0 Å². The molecule has 0 fully saturated rings. The summed E-state index contributed by atoms with van der Waals surface area (Å²) in [7, 11) is 2.15. The molecule has 1 aliphatic rings. The van der Waals surface area contributed by atoms with E-state index in [0.29, 0.717) is 6.54 Å². The maximum Gasteiger partial charge on any atom is 0.0934 e. The minimum atomic E-state index is 0.671. The second-order valence-corrected chi connectivity index (χ2v) is 9.64. The molecule has 3 nitrogen and oxygen atoms in total. The maximum absolute atomic E-state index is 5.94. The maximum atomic E-state index is 5.94. The van der Waals surface area contributed by atoms with Gasteiger partial charge in [-0.1, -0.05) is 97.6 Å². The molecule has 178 valence electrons. The Kier molecular flexibility index (Phi) is 12.1. The number of thiophene rings is 1. The lowest BCUT2D eigenvalue weighted by Gasteiger charge is -2.21. The molecule has 0 saturated carbocycles. The molecular weight excluding hydrogens is 458 g/mol. The van der Waals surface area contributed by atoms with Gasteiger partial charge in [-0.25, -0.2) is 0 Å². The first-order valence-corrected chi connectivity index (χ1v) is 12.4. The number of nitrogens with two attached hydrogens (primary N) is 1. The zero-order valence-electron chi connectivity index (χ0n) is 20.1. The van der Waals surface area contributed by atoms with Crippen molar-refractivity contribution in [3.05, 3.63) is 124 Å². The Labute approximate surface area is 213 Å². The lowest BCUT2D eigenvalue weighted by molar-refractivity contribution is 0.317. The number of hydrogen-bond donors (Lipinski definition) is 1. The van der Waals surface area contributed by atoms with E-state index in [1.807, 2.05) is 61.7 Å². The lowest BCUT2D eigenvalue weighted by atomic mass is 10.1. The van der Waals surface area contributed by atoms with Gasteiger partial charge in [0.1, 0.15) is 0 Å². The van der Waals surface area contributed by atoms with Gasteiger partial charge in [0.15, 0.2) is 0 Å². The van der Waals surface area contributed by atoms with Crippen molar-refractivity contribution in [2.75, 3.05) is 13.6 Å². The Morgan fingerprint density at radius 3 is 2.29 bits per heavy atom. The van der Waals surface area contributed by atoms with Crippen LogP contribution in [-0.2, 0) is 19.5 Å². The van der Waals surface area contributed by atoms with Crippen LogP contribution in [0.4, 0.5) is 0 Å². The average molecular weight is 492 g/mol. The Hall–Kier alpha value is -2.92. The number of benzene rings is 2. The van der Waals surface area contributed by atoms with Crippen molar-refractivity contribution in [3.8, 4) is 0 Å². The molecule has 34 heavy (non-hydrogen) atoms. The molecule has 2 aromatic carbocycles. The number of aliphatic imine (C=N–C) groups is 1. The third-order valence-electron chi connectivity index (χ3n) is 5.06. The molecule has 0 aliphatic carbocycles. The van der Waals surface area contributed by atoms with Gasteiger partial charge in [-0.3, -0.25) is 4.99 Å². The molecule has 0 amide bonds. The highest BCUT2D eigenvalue weighted by Crippen LogP contribution is 2.30. The predicted molar refractivity (Wildman–Crippen MR) is 152 cm³/mol. The lowest BCUT2D eigenvalue weighted by Crippen LogP contribution is -2.24. The Balaban J connectivity index is 0.000000228. The minimum absolute atomic E-state index is 0.671. The van der Waals surface area contributed by atoms with E-state index < -0.39 is 0 Å². The number of halogens is 1. The van der Waals surface area contributed by atoms with Crippen molar-refractivity contribution in [1.29, 1.82) is 0 Å². The smallest absolute Gasteiger partial charge is 0.0934 e. The second kappa shape index (κ2) is 15.1. The van der Waals surface area contributed by atoms with Crippen molar-refractivity contribution < 1.29 is 0 Å². The van der Waals surface area contributed by atoms with Crippen LogP contribution in [0.5, 0.6) is 0 Å². The first kappa shape index (κ1) is 27.3. The fraction of sp³-hybridized carbons (Fsp3) is 0.207. The van der Waals surface area contributed by atoms with E-state index in [1.54, 1.807) is 23.5 Å². The molecule has 0 atom stereocenters. The molecule has 2 heterocycles. The average Bonchev–Trinajstić information content (AvgIpc) is 3.22. The fourth-order valence-electron chi connectivity index (χ4n) is 3.26. The molecule has 0 spiro atoms. The molecule has 0 radical (unpaired) electrons. The summed E-state index contributed by atoms with van der Waals surface area (Å²) in [4.78, 5) is 8.25. The van der Waals surface area contributed by atoms with E-state index in [0.717, 1.165) is 34.1 Å². The van der Waals surface area contributed by atoms with Gasteiger partial charge in [-0.05, 0) is 43.1 Å². The molecule has 2 N–H and O–H groups in total. The monoisotopic (exact) mass is 491 g/mol. The van der Waals surface area contributed by atoms with E-state index in [4.69, 9.17) is 17.3 Å². The molecule has 1 aliphatic heterocycles. The fourth-order valence-corrected chi connectivity index (χ4v) is 4.68. The number of allylic oxidation sites excluding steroid dienone is 4. The Bertz CT molecular complexity index is 1080.